The van der Waals surface area contributed by atoms with Crippen molar-refractivity contribution in [3.8, 4) is 11.5 Å². The third-order valence-electron chi connectivity index (χ3n) is 5.84. The van der Waals surface area contributed by atoms with E-state index in [1.165, 1.54) is 43.6 Å². The van der Waals surface area contributed by atoms with Gasteiger partial charge in [0.05, 0.1) is 5.56 Å². The summed E-state index contributed by atoms with van der Waals surface area (Å²) in [6, 6.07) is 9.72. The average molecular weight is 560 g/mol. The monoisotopic (exact) mass is 559 g/mol. The lowest BCUT2D eigenvalue weighted by atomic mass is 10.00. The van der Waals surface area contributed by atoms with Crippen molar-refractivity contribution in [3.63, 3.8) is 0 Å². The van der Waals surface area contributed by atoms with Crippen LogP contribution in [0.25, 0.3) is 0 Å². The second kappa shape index (κ2) is 12.2. The maximum atomic E-state index is 14.8. The molecule has 0 radical (unpaired) electrons. The number of carbonyl (C=O) groups is 3. The predicted octanol–water partition coefficient (Wildman–Crippen LogP) is 5.32. The number of ketones is 1. The molecule has 1 aliphatic rings. The summed E-state index contributed by atoms with van der Waals surface area (Å²) in [7, 11) is 1.27. The summed E-state index contributed by atoms with van der Waals surface area (Å²) in [5, 5.41) is 4.98. The predicted molar refractivity (Wildman–Crippen MR) is 136 cm³/mol. The normalized spacial score (nSPS) is 13.0. The Morgan fingerprint density at radius 1 is 0.975 bits per heavy atom. The topological polar surface area (TPSA) is 107 Å². The van der Waals surface area contributed by atoms with Crippen LogP contribution in [0.4, 0.5) is 29.1 Å². The molecule has 0 saturated heterocycles. The summed E-state index contributed by atoms with van der Waals surface area (Å²) >= 11 is 0. The van der Waals surface area contributed by atoms with Crippen LogP contribution in [0.5, 0.6) is 11.5 Å². The second-order valence-electron chi connectivity index (χ2n) is 9.30. The molecule has 1 saturated carbocycles. The lowest BCUT2D eigenvalue weighted by Gasteiger charge is -2.13. The number of hydrogen-bond acceptors (Lipinski definition) is 6. The minimum atomic E-state index is -4.70. The van der Waals surface area contributed by atoms with Crippen LogP contribution < -0.4 is 15.4 Å². The van der Waals surface area contributed by atoms with Crippen LogP contribution in [0.15, 0.2) is 54.7 Å². The quantitative estimate of drug-likeness (QED) is 0.308. The van der Waals surface area contributed by atoms with Gasteiger partial charge in [0.2, 0.25) is 11.8 Å². The van der Waals surface area contributed by atoms with Crippen molar-refractivity contribution >= 4 is 29.1 Å². The number of methoxy groups -OCH3 is 1. The summed E-state index contributed by atoms with van der Waals surface area (Å²) in [4.78, 5) is 40.4. The Labute approximate surface area is 226 Å². The molecule has 2 aromatic carbocycles. The summed E-state index contributed by atoms with van der Waals surface area (Å²) in [6.07, 6.45) is -2.25. The maximum absolute atomic E-state index is 14.8. The number of aromatic nitrogens is 1. The Balaban J connectivity index is 1.41. The van der Waals surface area contributed by atoms with Crippen molar-refractivity contribution in [1.29, 1.82) is 0 Å². The number of pyridine rings is 1. The van der Waals surface area contributed by atoms with E-state index in [1.807, 2.05) is 0 Å². The lowest BCUT2D eigenvalue weighted by Crippen LogP contribution is -2.18. The van der Waals surface area contributed by atoms with Gasteiger partial charge >= 0.3 is 6.18 Å². The largest absolute Gasteiger partial charge is 0.454 e. The van der Waals surface area contributed by atoms with Crippen molar-refractivity contribution in [2.24, 2.45) is 5.92 Å². The number of carbonyl (C=O) groups excluding carboxylic acids is 3. The molecule has 1 aromatic heterocycles. The minimum Gasteiger partial charge on any atom is -0.454 e. The van der Waals surface area contributed by atoms with Gasteiger partial charge in [0.25, 0.3) is 0 Å². The first-order valence-corrected chi connectivity index (χ1v) is 12.2. The van der Waals surface area contributed by atoms with Crippen LogP contribution in [0, 0.1) is 11.7 Å². The number of halogens is 4. The van der Waals surface area contributed by atoms with Crippen LogP contribution in [-0.2, 0) is 38.1 Å². The number of rotatable bonds is 11. The molecular weight excluding hydrogens is 534 g/mol. The fourth-order valence-electron chi connectivity index (χ4n) is 3.86. The van der Waals surface area contributed by atoms with Crippen LogP contribution in [0.3, 0.4) is 0 Å². The fourth-order valence-corrected chi connectivity index (χ4v) is 3.86. The molecule has 0 spiro atoms. The van der Waals surface area contributed by atoms with E-state index in [0.717, 1.165) is 31.0 Å². The number of ether oxygens (including phenoxy) is 2. The van der Waals surface area contributed by atoms with Gasteiger partial charge < -0.3 is 20.1 Å². The van der Waals surface area contributed by atoms with Crippen LogP contribution in [-0.4, -0.2) is 36.3 Å². The fraction of sp³-hybridized carbons (Fsp3) is 0.286. The number of amides is 2. The maximum Gasteiger partial charge on any atom is 0.416 e. The smallest absolute Gasteiger partial charge is 0.416 e. The number of benzene rings is 2. The van der Waals surface area contributed by atoms with Gasteiger partial charge in [-0.15, -0.1) is 0 Å². The number of nitrogens with zero attached hydrogens (tertiary/aromatic N) is 1. The minimum absolute atomic E-state index is 0.0172. The lowest BCUT2D eigenvalue weighted by molar-refractivity contribution is -0.137. The van der Waals surface area contributed by atoms with Crippen molar-refractivity contribution in [2.45, 2.75) is 31.9 Å². The molecule has 0 bridgehead atoms. The van der Waals surface area contributed by atoms with Crippen LogP contribution in [0.2, 0.25) is 0 Å². The zero-order valence-corrected chi connectivity index (χ0v) is 21.3. The molecule has 1 heterocycles. The number of anilines is 2. The Bertz CT molecular complexity index is 1420. The highest BCUT2D eigenvalue weighted by Crippen LogP contribution is 2.33. The molecule has 2 N–H and O–H groups in total. The van der Waals surface area contributed by atoms with Gasteiger partial charge in [-0.25, -0.2) is 9.37 Å². The average Bonchev–Trinajstić information content (AvgIpc) is 3.71. The van der Waals surface area contributed by atoms with Gasteiger partial charge in [0, 0.05) is 43.8 Å². The van der Waals surface area contributed by atoms with Crippen LogP contribution in [0.1, 0.15) is 29.5 Å². The molecule has 0 atom stereocenters. The molecule has 0 aliphatic heterocycles. The number of nitrogens with one attached hydrogen (secondary N) is 2. The number of Topliss-reactive ketones (excluding diaryl/α,β-unsaturated/α-hetero) is 1. The summed E-state index contributed by atoms with van der Waals surface area (Å²) < 4.78 is 65.1. The van der Waals surface area contributed by atoms with Crippen molar-refractivity contribution < 1.29 is 41.4 Å². The van der Waals surface area contributed by atoms with E-state index in [1.54, 1.807) is 0 Å². The first kappa shape index (κ1) is 28.7. The van der Waals surface area contributed by atoms with E-state index in [0.29, 0.717) is 5.56 Å². The molecule has 12 heteroatoms. The van der Waals surface area contributed by atoms with E-state index in [9.17, 15) is 31.9 Å². The van der Waals surface area contributed by atoms with Gasteiger partial charge in [0.15, 0.2) is 11.6 Å². The second-order valence-corrected chi connectivity index (χ2v) is 9.30. The zero-order chi connectivity index (χ0) is 28.9. The molecule has 3 aromatic rings. The molecule has 210 valence electrons. The first-order valence-electron chi connectivity index (χ1n) is 12.2. The van der Waals surface area contributed by atoms with Gasteiger partial charge in [-0.05, 0) is 60.4 Å². The highest BCUT2D eigenvalue weighted by molar-refractivity contribution is 5.93. The van der Waals surface area contributed by atoms with Gasteiger partial charge in [-0.3, -0.25) is 14.4 Å². The highest BCUT2D eigenvalue weighted by atomic mass is 19.4. The first-order chi connectivity index (χ1) is 19.0. The third kappa shape index (κ3) is 8.09. The van der Waals surface area contributed by atoms with E-state index in [2.05, 4.69) is 20.4 Å². The SMILES string of the molecule is COCC(=O)Nc1cc(CC(=O)Cc2ccc(Oc3ccnc(NC(=O)C4CC4)c3)c(F)c2)cc(C(F)(F)F)c1. The van der Waals surface area contributed by atoms with Crippen molar-refractivity contribution in [3.05, 3.63) is 77.2 Å². The number of hydrogen-bond donors (Lipinski definition) is 2. The third-order valence-corrected chi connectivity index (χ3v) is 5.84. The Kier molecular flexibility index (Phi) is 8.78. The molecule has 1 fully saturated rings. The highest BCUT2D eigenvalue weighted by Gasteiger charge is 2.32. The van der Waals surface area contributed by atoms with Gasteiger partial charge in [-0.1, -0.05) is 6.07 Å². The summed E-state index contributed by atoms with van der Waals surface area (Å²) in [6.45, 7) is -0.352. The molecule has 2 amide bonds. The molecule has 40 heavy (non-hydrogen) atoms. The van der Waals surface area contributed by atoms with Crippen LogP contribution >= 0.6 is 0 Å². The standard InChI is InChI=1S/C28H25F4N3O5/c1-39-15-26(37)34-20-9-17(8-19(13-20)28(30,31)32)11-21(36)10-16-2-5-24(23(29)12-16)40-22-6-7-33-25(14-22)35-27(38)18-3-4-18/h2,5-9,12-14,18H,3-4,10-11,15H2,1H3,(H,34,37)(H,33,35,38). The summed E-state index contributed by atoms with van der Waals surface area (Å²) in [5.74, 6) is -1.65. The molecule has 0 unspecified atom stereocenters. The van der Waals surface area contributed by atoms with E-state index in [4.69, 9.17) is 4.74 Å². The summed E-state index contributed by atoms with van der Waals surface area (Å²) in [5.41, 5.74) is -0.819. The Morgan fingerprint density at radius 2 is 1.73 bits per heavy atom. The Hall–Kier alpha value is -4.32. The number of alkyl halides is 3. The molecule has 1 aliphatic carbocycles. The van der Waals surface area contributed by atoms with E-state index < -0.39 is 29.2 Å². The van der Waals surface area contributed by atoms with Crippen molar-refractivity contribution in [1.82, 2.24) is 4.98 Å². The van der Waals surface area contributed by atoms with Gasteiger partial charge in [-0.2, -0.15) is 13.2 Å². The molecule has 4 rings (SSSR count). The van der Waals surface area contributed by atoms with E-state index in [-0.39, 0.29) is 59.8 Å². The Morgan fingerprint density at radius 3 is 2.40 bits per heavy atom. The van der Waals surface area contributed by atoms with Gasteiger partial charge in [0.1, 0.15) is 24.0 Å². The molecule has 8 nitrogen and oxygen atoms in total. The zero-order valence-electron chi connectivity index (χ0n) is 21.3. The van der Waals surface area contributed by atoms with Crippen molar-refractivity contribution in [2.75, 3.05) is 24.4 Å². The molecular formula is C28H25F4N3O5. The van der Waals surface area contributed by atoms with E-state index >= 15 is 0 Å².